The van der Waals surface area contributed by atoms with Crippen LogP contribution in [0, 0.1) is 6.92 Å². The molecule has 0 aliphatic carbocycles. The first-order chi connectivity index (χ1) is 9.20. The van der Waals surface area contributed by atoms with Crippen molar-refractivity contribution in [1.29, 1.82) is 0 Å². The molecule has 1 heterocycles. The second kappa shape index (κ2) is 6.15. The molecule has 0 unspecified atom stereocenters. The van der Waals surface area contributed by atoms with Crippen LogP contribution in [0.15, 0.2) is 40.8 Å². The molecule has 0 atom stereocenters. The number of thiophene rings is 1. The van der Waals surface area contributed by atoms with Gasteiger partial charge in [-0.25, -0.2) is 5.43 Å². The van der Waals surface area contributed by atoms with Gasteiger partial charge in [-0.1, -0.05) is 6.07 Å². The van der Waals surface area contributed by atoms with Gasteiger partial charge in [-0.15, -0.1) is 11.3 Å². The molecular formula is C14H14N2O2S. The Kier molecular flexibility index (Phi) is 4.30. The highest BCUT2D eigenvalue weighted by molar-refractivity contribution is 7.12. The third kappa shape index (κ3) is 3.42. The number of aryl methyl sites for hydroxylation is 1. The lowest BCUT2D eigenvalue weighted by molar-refractivity contribution is 0.0959. The first-order valence-corrected chi connectivity index (χ1v) is 6.60. The van der Waals surface area contributed by atoms with E-state index >= 15 is 0 Å². The third-order valence-electron chi connectivity index (χ3n) is 2.54. The molecule has 0 saturated heterocycles. The van der Waals surface area contributed by atoms with E-state index in [1.54, 1.807) is 19.4 Å². The molecular weight excluding hydrogens is 260 g/mol. The molecule has 2 aromatic rings. The van der Waals surface area contributed by atoms with E-state index in [2.05, 4.69) is 10.5 Å². The molecule has 1 amide bonds. The molecule has 1 aromatic carbocycles. The highest BCUT2D eigenvalue weighted by atomic mass is 32.1. The molecule has 0 radical (unpaired) electrons. The molecule has 2 rings (SSSR count). The molecule has 0 aliphatic rings. The summed E-state index contributed by atoms with van der Waals surface area (Å²) in [6, 6.07) is 9.28. The zero-order chi connectivity index (χ0) is 13.7. The lowest BCUT2D eigenvalue weighted by Gasteiger charge is -2.04. The van der Waals surface area contributed by atoms with E-state index in [-0.39, 0.29) is 5.91 Å². The topological polar surface area (TPSA) is 50.7 Å². The largest absolute Gasteiger partial charge is 0.496 e. The van der Waals surface area contributed by atoms with Crippen molar-refractivity contribution in [3.05, 3.63) is 51.7 Å². The molecule has 0 fully saturated rings. The number of benzene rings is 1. The maximum absolute atomic E-state index is 11.6. The van der Waals surface area contributed by atoms with Crippen molar-refractivity contribution in [2.75, 3.05) is 7.11 Å². The minimum Gasteiger partial charge on any atom is -0.496 e. The number of carbonyl (C=O) groups is 1. The summed E-state index contributed by atoms with van der Waals surface area (Å²) in [5.74, 6) is 0.635. The Balaban J connectivity index is 1.99. The van der Waals surface area contributed by atoms with E-state index < -0.39 is 0 Å². The fraction of sp³-hybridized carbons (Fsp3) is 0.143. The minimum atomic E-state index is -0.198. The predicted molar refractivity (Wildman–Crippen MR) is 77.1 cm³/mol. The molecule has 0 aliphatic heterocycles. The quantitative estimate of drug-likeness (QED) is 0.688. The van der Waals surface area contributed by atoms with Crippen molar-refractivity contribution < 1.29 is 9.53 Å². The minimum absolute atomic E-state index is 0.198. The number of hydrogen-bond acceptors (Lipinski definition) is 4. The van der Waals surface area contributed by atoms with Crippen LogP contribution in [0.4, 0.5) is 0 Å². The molecule has 19 heavy (non-hydrogen) atoms. The number of carbonyl (C=O) groups excluding carboxylic acids is 1. The molecule has 4 nitrogen and oxygen atoms in total. The van der Waals surface area contributed by atoms with Crippen molar-refractivity contribution in [2.24, 2.45) is 5.10 Å². The predicted octanol–water partition coefficient (Wildman–Crippen LogP) is 2.83. The Morgan fingerprint density at radius 1 is 1.42 bits per heavy atom. The highest BCUT2D eigenvalue weighted by Gasteiger charge is 2.03. The summed E-state index contributed by atoms with van der Waals surface area (Å²) in [5.41, 5.74) is 4.42. The molecule has 1 aromatic heterocycles. The maximum atomic E-state index is 11.6. The van der Waals surface area contributed by atoms with Crippen LogP contribution in [-0.4, -0.2) is 19.2 Å². The smallest absolute Gasteiger partial charge is 0.281 e. The highest BCUT2D eigenvalue weighted by Crippen LogP contribution is 2.17. The number of hydrogen-bond donors (Lipinski definition) is 1. The van der Waals surface area contributed by atoms with Crippen LogP contribution < -0.4 is 10.2 Å². The third-order valence-corrected chi connectivity index (χ3v) is 3.41. The van der Waals surface area contributed by atoms with E-state index in [1.165, 1.54) is 11.3 Å². The lowest BCUT2D eigenvalue weighted by atomic mass is 10.1. The van der Waals surface area contributed by atoms with Crippen LogP contribution in [0.25, 0.3) is 0 Å². The average molecular weight is 274 g/mol. The number of nitrogens with one attached hydrogen (secondary N) is 1. The van der Waals surface area contributed by atoms with Crippen LogP contribution in [0.5, 0.6) is 5.75 Å². The lowest BCUT2D eigenvalue weighted by Crippen LogP contribution is -2.16. The van der Waals surface area contributed by atoms with Crippen LogP contribution in [-0.2, 0) is 0 Å². The Labute approximate surface area is 115 Å². The zero-order valence-electron chi connectivity index (χ0n) is 10.7. The second-order valence-corrected chi connectivity index (χ2v) is 4.85. The van der Waals surface area contributed by atoms with E-state index in [1.807, 2.05) is 36.6 Å². The first kappa shape index (κ1) is 13.3. The van der Waals surface area contributed by atoms with Gasteiger partial charge in [-0.2, -0.15) is 5.10 Å². The Hall–Kier alpha value is -2.14. The summed E-state index contributed by atoms with van der Waals surface area (Å²) in [6.45, 7) is 1.96. The van der Waals surface area contributed by atoms with Gasteiger partial charge in [-0.05, 0) is 47.7 Å². The van der Waals surface area contributed by atoms with Gasteiger partial charge in [0.2, 0.25) is 0 Å². The summed E-state index contributed by atoms with van der Waals surface area (Å²) in [4.78, 5) is 12.3. The molecule has 0 saturated carbocycles. The fourth-order valence-corrected chi connectivity index (χ4v) is 2.22. The Bertz CT molecular complexity index is 591. The first-order valence-electron chi connectivity index (χ1n) is 5.72. The summed E-state index contributed by atoms with van der Waals surface area (Å²) < 4.78 is 5.18. The Morgan fingerprint density at radius 3 is 2.89 bits per heavy atom. The van der Waals surface area contributed by atoms with E-state index in [4.69, 9.17) is 4.74 Å². The number of nitrogens with zero attached hydrogens (tertiary/aromatic N) is 1. The Morgan fingerprint density at radius 2 is 2.26 bits per heavy atom. The number of hydrazone groups is 1. The van der Waals surface area contributed by atoms with Gasteiger partial charge in [0.25, 0.3) is 5.91 Å². The molecule has 98 valence electrons. The van der Waals surface area contributed by atoms with E-state index in [0.717, 1.165) is 16.9 Å². The summed E-state index contributed by atoms with van der Waals surface area (Å²) >= 11 is 1.38. The van der Waals surface area contributed by atoms with Crippen molar-refractivity contribution in [3.8, 4) is 5.75 Å². The van der Waals surface area contributed by atoms with Crippen LogP contribution in [0.3, 0.4) is 0 Å². The van der Waals surface area contributed by atoms with E-state index in [0.29, 0.717) is 4.88 Å². The average Bonchev–Trinajstić information content (AvgIpc) is 2.93. The molecule has 0 spiro atoms. The SMILES string of the molecule is COc1ccc(C=NNC(=O)c2cccs2)cc1C. The van der Waals surface area contributed by atoms with Crippen molar-refractivity contribution in [3.63, 3.8) is 0 Å². The van der Waals surface area contributed by atoms with Gasteiger partial charge in [0, 0.05) is 0 Å². The number of ether oxygens (including phenoxy) is 1. The van der Waals surface area contributed by atoms with Crippen molar-refractivity contribution in [1.82, 2.24) is 5.43 Å². The van der Waals surface area contributed by atoms with Crippen LogP contribution >= 0.6 is 11.3 Å². The van der Waals surface area contributed by atoms with Crippen molar-refractivity contribution >= 4 is 23.5 Å². The monoisotopic (exact) mass is 274 g/mol. The standard InChI is InChI=1S/C14H14N2O2S/c1-10-8-11(5-6-12(10)18-2)9-15-16-14(17)13-4-3-7-19-13/h3-9H,1-2H3,(H,16,17). The summed E-state index contributed by atoms with van der Waals surface area (Å²) in [6.07, 6.45) is 1.61. The van der Waals surface area contributed by atoms with Crippen LogP contribution in [0.2, 0.25) is 0 Å². The number of methoxy groups -OCH3 is 1. The number of amides is 1. The van der Waals surface area contributed by atoms with Crippen molar-refractivity contribution in [2.45, 2.75) is 6.92 Å². The summed E-state index contributed by atoms with van der Waals surface area (Å²) in [7, 11) is 1.64. The van der Waals surface area contributed by atoms with Gasteiger partial charge in [0.05, 0.1) is 18.2 Å². The summed E-state index contributed by atoms with van der Waals surface area (Å²) in [5, 5.41) is 5.79. The number of rotatable bonds is 4. The van der Waals surface area contributed by atoms with E-state index in [9.17, 15) is 4.79 Å². The van der Waals surface area contributed by atoms with Gasteiger partial charge in [0.15, 0.2) is 0 Å². The fourth-order valence-electron chi connectivity index (χ4n) is 1.61. The van der Waals surface area contributed by atoms with Gasteiger partial charge >= 0.3 is 0 Å². The molecule has 0 bridgehead atoms. The van der Waals surface area contributed by atoms with Gasteiger partial charge < -0.3 is 4.74 Å². The second-order valence-electron chi connectivity index (χ2n) is 3.91. The zero-order valence-corrected chi connectivity index (χ0v) is 11.5. The van der Waals surface area contributed by atoms with Crippen LogP contribution in [0.1, 0.15) is 20.8 Å². The normalized spacial score (nSPS) is 10.6. The van der Waals surface area contributed by atoms with Gasteiger partial charge in [-0.3, -0.25) is 4.79 Å². The molecule has 5 heteroatoms. The maximum Gasteiger partial charge on any atom is 0.281 e. The van der Waals surface area contributed by atoms with Gasteiger partial charge in [0.1, 0.15) is 5.75 Å². The molecule has 1 N–H and O–H groups in total.